The third-order valence-corrected chi connectivity index (χ3v) is 5.81. The summed E-state index contributed by atoms with van der Waals surface area (Å²) < 4.78 is 16.2. The zero-order valence-electron chi connectivity index (χ0n) is 17.8. The lowest BCUT2D eigenvalue weighted by Crippen LogP contribution is -2.25. The van der Waals surface area contributed by atoms with Gasteiger partial charge in [0.2, 0.25) is 12.7 Å². The third kappa shape index (κ3) is 3.99. The molecule has 5 rings (SSSR count). The summed E-state index contributed by atoms with van der Waals surface area (Å²) in [4.78, 5) is 16.3. The van der Waals surface area contributed by atoms with E-state index in [1.165, 1.54) is 0 Å². The average molecular weight is 428 g/mol. The first kappa shape index (κ1) is 20.0. The Morgan fingerprint density at radius 2 is 1.94 bits per heavy atom. The SMILES string of the molecule is COc1cccc(C(CC(=O)NCc2ccc3c(c2)OCO3)c2c[nH]c3ccccc23)c1. The van der Waals surface area contributed by atoms with E-state index in [0.29, 0.717) is 18.7 Å². The van der Waals surface area contributed by atoms with Crippen molar-refractivity contribution in [1.29, 1.82) is 0 Å². The molecule has 3 aromatic carbocycles. The lowest BCUT2D eigenvalue weighted by Gasteiger charge is -2.18. The molecule has 1 aromatic heterocycles. The maximum absolute atomic E-state index is 13.0. The molecule has 1 atom stereocenters. The number of hydrogen-bond acceptors (Lipinski definition) is 4. The number of benzene rings is 3. The number of carbonyl (C=O) groups is 1. The Morgan fingerprint density at radius 1 is 1.06 bits per heavy atom. The molecule has 0 saturated carbocycles. The number of aromatic nitrogens is 1. The molecule has 0 saturated heterocycles. The number of nitrogens with one attached hydrogen (secondary N) is 2. The molecule has 6 nitrogen and oxygen atoms in total. The number of methoxy groups -OCH3 is 1. The summed E-state index contributed by atoms with van der Waals surface area (Å²) >= 11 is 0. The van der Waals surface area contributed by atoms with E-state index in [-0.39, 0.29) is 18.6 Å². The van der Waals surface area contributed by atoms with Gasteiger partial charge < -0.3 is 24.5 Å². The molecule has 1 aliphatic rings. The molecule has 1 aliphatic heterocycles. The van der Waals surface area contributed by atoms with Crippen LogP contribution in [0.4, 0.5) is 0 Å². The fourth-order valence-corrected chi connectivity index (χ4v) is 4.16. The first-order valence-electron chi connectivity index (χ1n) is 10.6. The Morgan fingerprint density at radius 3 is 2.84 bits per heavy atom. The molecule has 0 spiro atoms. The van der Waals surface area contributed by atoms with Gasteiger partial charge in [-0.15, -0.1) is 0 Å². The standard InChI is InChI=1S/C26H24N2O4/c1-30-19-6-4-5-18(12-19)21(22-15-27-23-8-3-2-7-20(22)23)13-26(29)28-14-17-9-10-24-25(11-17)32-16-31-24/h2-12,15,21,27H,13-14,16H2,1H3,(H,28,29). The molecule has 162 valence electrons. The maximum Gasteiger partial charge on any atom is 0.231 e. The van der Waals surface area contributed by atoms with E-state index in [9.17, 15) is 4.79 Å². The van der Waals surface area contributed by atoms with Crippen LogP contribution in [0.1, 0.15) is 29.0 Å². The van der Waals surface area contributed by atoms with Crippen LogP contribution in [-0.4, -0.2) is 24.8 Å². The van der Waals surface area contributed by atoms with Gasteiger partial charge in [0, 0.05) is 36.0 Å². The van der Waals surface area contributed by atoms with Gasteiger partial charge in [-0.2, -0.15) is 0 Å². The zero-order valence-corrected chi connectivity index (χ0v) is 17.8. The van der Waals surface area contributed by atoms with Crippen molar-refractivity contribution in [3.05, 3.63) is 89.6 Å². The van der Waals surface area contributed by atoms with E-state index in [4.69, 9.17) is 14.2 Å². The molecular formula is C26H24N2O4. The molecule has 1 unspecified atom stereocenters. The number of fused-ring (bicyclic) bond motifs is 2. The van der Waals surface area contributed by atoms with Gasteiger partial charge in [-0.1, -0.05) is 36.4 Å². The molecule has 4 aromatic rings. The van der Waals surface area contributed by atoms with Crippen LogP contribution >= 0.6 is 0 Å². The fraction of sp³-hybridized carbons (Fsp3) is 0.192. The van der Waals surface area contributed by atoms with Crippen molar-refractivity contribution in [3.63, 3.8) is 0 Å². The van der Waals surface area contributed by atoms with Crippen molar-refractivity contribution >= 4 is 16.8 Å². The van der Waals surface area contributed by atoms with Gasteiger partial charge in [-0.25, -0.2) is 0 Å². The minimum absolute atomic E-state index is 0.0271. The van der Waals surface area contributed by atoms with Gasteiger partial charge in [-0.05, 0) is 47.0 Å². The fourth-order valence-electron chi connectivity index (χ4n) is 4.16. The highest BCUT2D eigenvalue weighted by atomic mass is 16.7. The second-order valence-electron chi connectivity index (χ2n) is 7.79. The van der Waals surface area contributed by atoms with Crippen LogP contribution in [0.3, 0.4) is 0 Å². The predicted molar refractivity (Wildman–Crippen MR) is 122 cm³/mol. The highest BCUT2D eigenvalue weighted by Gasteiger charge is 2.22. The van der Waals surface area contributed by atoms with E-state index < -0.39 is 0 Å². The van der Waals surface area contributed by atoms with Crippen LogP contribution in [0, 0.1) is 0 Å². The van der Waals surface area contributed by atoms with Crippen LogP contribution < -0.4 is 19.5 Å². The molecule has 2 heterocycles. The van der Waals surface area contributed by atoms with E-state index >= 15 is 0 Å². The van der Waals surface area contributed by atoms with Crippen molar-refractivity contribution in [2.75, 3.05) is 13.9 Å². The molecule has 0 aliphatic carbocycles. The summed E-state index contributed by atoms with van der Waals surface area (Å²) in [5, 5.41) is 4.17. The highest BCUT2D eigenvalue weighted by molar-refractivity contribution is 5.86. The minimum atomic E-state index is -0.113. The first-order chi connectivity index (χ1) is 15.7. The molecule has 1 amide bonds. The molecule has 32 heavy (non-hydrogen) atoms. The van der Waals surface area contributed by atoms with Gasteiger partial charge in [0.25, 0.3) is 0 Å². The molecule has 6 heteroatoms. The van der Waals surface area contributed by atoms with Crippen LogP contribution in [0.25, 0.3) is 10.9 Å². The Labute approximate surface area is 186 Å². The largest absolute Gasteiger partial charge is 0.497 e. The number of aromatic amines is 1. The van der Waals surface area contributed by atoms with Gasteiger partial charge >= 0.3 is 0 Å². The van der Waals surface area contributed by atoms with Crippen LogP contribution in [0.15, 0.2) is 72.9 Å². The molecular weight excluding hydrogens is 404 g/mol. The number of hydrogen-bond donors (Lipinski definition) is 2. The second-order valence-corrected chi connectivity index (χ2v) is 7.79. The van der Waals surface area contributed by atoms with Crippen molar-refractivity contribution in [2.24, 2.45) is 0 Å². The summed E-state index contributed by atoms with van der Waals surface area (Å²) in [6.07, 6.45) is 2.32. The quantitative estimate of drug-likeness (QED) is 0.446. The normalized spacial score (nSPS) is 13.2. The van der Waals surface area contributed by atoms with Crippen molar-refractivity contribution in [2.45, 2.75) is 18.9 Å². The Balaban J connectivity index is 1.38. The minimum Gasteiger partial charge on any atom is -0.497 e. The average Bonchev–Trinajstić information content (AvgIpc) is 3.48. The predicted octanol–water partition coefficient (Wildman–Crippen LogP) is 4.74. The summed E-state index contributed by atoms with van der Waals surface area (Å²) in [5.41, 5.74) is 4.14. The summed E-state index contributed by atoms with van der Waals surface area (Å²) in [7, 11) is 1.65. The molecule has 2 N–H and O–H groups in total. The van der Waals surface area contributed by atoms with Crippen molar-refractivity contribution in [3.8, 4) is 17.2 Å². The summed E-state index contributed by atoms with van der Waals surface area (Å²) in [6.45, 7) is 0.659. The number of rotatable bonds is 7. The van der Waals surface area contributed by atoms with E-state index in [0.717, 1.165) is 39.1 Å². The third-order valence-electron chi connectivity index (χ3n) is 5.81. The Bertz CT molecular complexity index is 1260. The van der Waals surface area contributed by atoms with Crippen LogP contribution in [0.2, 0.25) is 0 Å². The van der Waals surface area contributed by atoms with Crippen molar-refractivity contribution < 1.29 is 19.0 Å². The van der Waals surface area contributed by atoms with Gasteiger partial charge in [0.15, 0.2) is 11.5 Å². The number of carbonyl (C=O) groups excluding carboxylic acids is 1. The summed E-state index contributed by atoms with van der Waals surface area (Å²) in [5.74, 6) is 2.08. The highest BCUT2D eigenvalue weighted by Crippen LogP contribution is 2.35. The van der Waals surface area contributed by atoms with Crippen molar-refractivity contribution in [1.82, 2.24) is 10.3 Å². The van der Waals surface area contributed by atoms with E-state index in [1.807, 2.05) is 66.9 Å². The second kappa shape index (κ2) is 8.67. The Hall–Kier alpha value is -3.93. The zero-order chi connectivity index (χ0) is 21.9. The molecule has 0 bridgehead atoms. The van der Waals surface area contributed by atoms with Gasteiger partial charge in [0.05, 0.1) is 7.11 Å². The van der Waals surface area contributed by atoms with Gasteiger partial charge in [0.1, 0.15) is 5.75 Å². The number of para-hydroxylation sites is 1. The monoisotopic (exact) mass is 428 g/mol. The van der Waals surface area contributed by atoms with Crippen LogP contribution in [-0.2, 0) is 11.3 Å². The molecule has 0 radical (unpaired) electrons. The maximum atomic E-state index is 13.0. The summed E-state index contributed by atoms with van der Waals surface area (Å²) in [6, 6.07) is 21.8. The van der Waals surface area contributed by atoms with Crippen LogP contribution in [0.5, 0.6) is 17.2 Å². The number of ether oxygens (including phenoxy) is 3. The number of amides is 1. The molecule has 0 fully saturated rings. The topological polar surface area (TPSA) is 72.6 Å². The number of H-pyrrole nitrogens is 1. The Kier molecular flexibility index (Phi) is 5.42. The van der Waals surface area contributed by atoms with Gasteiger partial charge in [-0.3, -0.25) is 4.79 Å². The smallest absolute Gasteiger partial charge is 0.231 e. The first-order valence-corrected chi connectivity index (χ1v) is 10.6. The van der Waals surface area contributed by atoms with E-state index in [1.54, 1.807) is 7.11 Å². The lowest BCUT2D eigenvalue weighted by molar-refractivity contribution is -0.121. The lowest BCUT2D eigenvalue weighted by atomic mass is 9.88. The van der Waals surface area contributed by atoms with E-state index in [2.05, 4.69) is 16.4 Å².